The number of carbonyl (C=O) groups is 2. The summed E-state index contributed by atoms with van der Waals surface area (Å²) < 4.78 is 5.68. The predicted octanol–water partition coefficient (Wildman–Crippen LogP) is 2.46. The van der Waals surface area contributed by atoms with Crippen LogP contribution in [0.2, 0.25) is 0 Å². The summed E-state index contributed by atoms with van der Waals surface area (Å²) in [6.07, 6.45) is 0.751. The average molecular weight is 310 g/mol. The minimum Gasteiger partial charge on any atom is -0.492 e. The second-order valence-corrected chi connectivity index (χ2v) is 5.26. The Balaban J connectivity index is 2.33. The lowest BCUT2D eigenvalue weighted by Gasteiger charge is -2.29. The van der Waals surface area contributed by atoms with E-state index in [2.05, 4.69) is 0 Å². The van der Waals surface area contributed by atoms with Crippen molar-refractivity contribution < 1.29 is 24.5 Å². The van der Waals surface area contributed by atoms with E-state index in [0.717, 1.165) is 6.08 Å². The standard InChI is InChI=1S/C18H14O5/c19-16(20)10-14(17(21)22)18(12-6-2-1-3-7-12)11-23-15-9-5-4-8-13(15)18/h1-10H,11H2,(H,19,20)(H,21,22)/b14-10-. The van der Waals surface area contributed by atoms with Gasteiger partial charge in [0.15, 0.2) is 0 Å². The molecular formula is C18H14O5. The van der Waals surface area contributed by atoms with Crippen LogP contribution in [0.1, 0.15) is 11.1 Å². The zero-order valence-corrected chi connectivity index (χ0v) is 12.1. The highest BCUT2D eigenvalue weighted by molar-refractivity contribution is 5.98. The van der Waals surface area contributed by atoms with E-state index in [1.165, 1.54) is 0 Å². The van der Waals surface area contributed by atoms with Crippen molar-refractivity contribution in [1.29, 1.82) is 0 Å². The van der Waals surface area contributed by atoms with Gasteiger partial charge in [-0.2, -0.15) is 0 Å². The second-order valence-electron chi connectivity index (χ2n) is 5.26. The molecule has 2 aromatic carbocycles. The van der Waals surface area contributed by atoms with E-state index in [4.69, 9.17) is 9.84 Å². The van der Waals surface area contributed by atoms with Crippen LogP contribution >= 0.6 is 0 Å². The molecule has 0 fully saturated rings. The Morgan fingerprint density at radius 2 is 1.65 bits per heavy atom. The van der Waals surface area contributed by atoms with Gasteiger partial charge in [-0.15, -0.1) is 0 Å². The summed E-state index contributed by atoms with van der Waals surface area (Å²) in [4.78, 5) is 23.0. The maximum atomic E-state index is 11.8. The highest BCUT2D eigenvalue weighted by atomic mass is 16.5. The minimum absolute atomic E-state index is 0.0434. The van der Waals surface area contributed by atoms with Crippen molar-refractivity contribution in [3.05, 3.63) is 77.4 Å². The number of ether oxygens (including phenoxy) is 1. The summed E-state index contributed by atoms with van der Waals surface area (Å²) in [7, 11) is 0. The van der Waals surface area contributed by atoms with Gasteiger partial charge in [0.1, 0.15) is 12.4 Å². The third kappa shape index (κ3) is 2.36. The molecule has 1 unspecified atom stereocenters. The molecule has 0 aliphatic carbocycles. The average Bonchev–Trinajstić information content (AvgIpc) is 2.93. The van der Waals surface area contributed by atoms with Crippen LogP contribution < -0.4 is 4.74 Å². The van der Waals surface area contributed by atoms with Gasteiger partial charge in [0.25, 0.3) is 0 Å². The fourth-order valence-corrected chi connectivity index (χ4v) is 3.04. The van der Waals surface area contributed by atoms with Gasteiger partial charge in [-0.1, -0.05) is 48.5 Å². The van der Waals surface area contributed by atoms with E-state index in [1.807, 2.05) is 6.07 Å². The molecule has 0 saturated heterocycles. The number of benzene rings is 2. The van der Waals surface area contributed by atoms with Gasteiger partial charge < -0.3 is 14.9 Å². The molecule has 0 saturated carbocycles. The Morgan fingerprint density at radius 3 is 2.30 bits per heavy atom. The van der Waals surface area contributed by atoms with Crippen molar-refractivity contribution in [3.8, 4) is 5.75 Å². The molecule has 0 spiro atoms. The number of rotatable bonds is 4. The summed E-state index contributed by atoms with van der Waals surface area (Å²) in [6.45, 7) is 0.0434. The van der Waals surface area contributed by atoms with Crippen LogP contribution in [0.3, 0.4) is 0 Å². The molecule has 1 heterocycles. The Morgan fingerprint density at radius 1 is 1.00 bits per heavy atom. The molecule has 5 heteroatoms. The van der Waals surface area contributed by atoms with Crippen molar-refractivity contribution in [2.75, 3.05) is 6.61 Å². The van der Waals surface area contributed by atoms with Crippen molar-refractivity contribution in [1.82, 2.24) is 0 Å². The SMILES string of the molecule is O=C(O)/C=C(/C(=O)O)C1(c2ccccc2)COc2ccccc21. The number of fused-ring (bicyclic) bond motifs is 1. The van der Waals surface area contributed by atoms with E-state index < -0.39 is 17.4 Å². The topological polar surface area (TPSA) is 83.8 Å². The number of hydrogen-bond acceptors (Lipinski definition) is 3. The molecule has 0 radical (unpaired) electrons. The van der Waals surface area contributed by atoms with Gasteiger partial charge in [-0.25, -0.2) is 9.59 Å². The molecule has 3 rings (SSSR count). The molecule has 1 atom stereocenters. The molecule has 0 aromatic heterocycles. The Bertz CT molecular complexity index is 794. The van der Waals surface area contributed by atoms with Crippen LogP contribution in [-0.4, -0.2) is 28.8 Å². The van der Waals surface area contributed by atoms with Gasteiger partial charge in [0.2, 0.25) is 0 Å². The van der Waals surface area contributed by atoms with Crippen molar-refractivity contribution in [2.45, 2.75) is 5.41 Å². The van der Waals surface area contributed by atoms with Gasteiger partial charge in [-0.05, 0) is 11.6 Å². The largest absolute Gasteiger partial charge is 0.492 e. The minimum atomic E-state index is -1.30. The highest BCUT2D eigenvalue weighted by Gasteiger charge is 2.48. The first kappa shape index (κ1) is 14.8. The first-order valence-electron chi connectivity index (χ1n) is 7.02. The summed E-state index contributed by atoms with van der Waals surface area (Å²) in [6, 6.07) is 16.1. The van der Waals surface area contributed by atoms with E-state index in [0.29, 0.717) is 16.9 Å². The van der Waals surface area contributed by atoms with Gasteiger partial charge in [0, 0.05) is 11.6 Å². The van der Waals surface area contributed by atoms with Crippen molar-refractivity contribution >= 4 is 11.9 Å². The summed E-state index contributed by atoms with van der Waals surface area (Å²) >= 11 is 0. The maximum absolute atomic E-state index is 11.8. The normalized spacial score (nSPS) is 19.7. The summed E-state index contributed by atoms with van der Waals surface area (Å²) in [5.74, 6) is -2.02. The summed E-state index contributed by atoms with van der Waals surface area (Å²) in [5.41, 5.74) is -0.0377. The maximum Gasteiger partial charge on any atom is 0.333 e. The fraction of sp³-hybridized carbons (Fsp3) is 0.111. The lowest BCUT2D eigenvalue weighted by molar-refractivity contribution is -0.135. The van der Waals surface area contributed by atoms with Crippen LogP contribution in [0.15, 0.2) is 66.2 Å². The highest BCUT2D eigenvalue weighted by Crippen LogP contribution is 2.48. The van der Waals surface area contributed by atoms with Crippen molar-refractivity contribution in [3.63, 3.8) is 0 Å². The second kappa shape index (κ2) is 5.61. The number of carboxylic acids is 2. The Kier molecular flexibility index (Phi) is 3.62. The van der Waals surface area contributed by atoms with Crippen LogP contribution in [0, 0.1) is 0 Å². The molecule has 116 valence electrons. The van der Waals surface area contributed by atoms with Gasteiger partial charge in [0.05, 0.1) is 11.0 Å². The third-order valence-corrected chi connectivity index (χ3v) is 4.02. The van der Waals surface area contributed by atoms with Crippen molar-refractivity contribution in [2.24, 2.45) is 0 Å². The molecule has 23 heavy (non-hydrogen) atoms. The number of aliphatic carboxylic acids is 2. The molecular weight excluding hydrogens is 296 g/mol. The molecule has 0 bridgehead atoms. The van der Waals surface area contributed by atoms with Gasteiger partial charge in [-0.3, -0.25) is 0 Å². The molecule has 0 amide bonds. The van der Waals surface area contributed by atoms with Gasteiger partial charge >= 0.3 is 11.9 Å². The van der Waals surface area contributed by atoms with Crippen LogP contribution in [0.5, 0.6) is 5.75 Å². The summed E-state index contributed by atoms with van der Waals surface area (Å²) in [5, 5.41) is 18.8. The quantitative estimate of drug-likeness (QED) is 0.848. The zero-order chi connectivity index (χ0) is 16.4. The van der Waals surface area contributed by atoms with Crippen LogP contribution in [0.25, 0.3) is 0 Å². The molecule has 1 aliphatic rings. The molecule has 2 N–H and O–H groups in total. The monoisotopic (exact) mass is 310 g/mol. The first-order chi connectivity index (χ1) is 11.1. The Hall–Kier alpha value is -3.08. The number of hydrogen-bond donors (Lipinski definition) is 2. The molecule has 5 nitrogen and oxygen atoms in total. The van der Waals surface area contributed by atoms with Crippen LogP contribution in [0.4, 0.5) is 0 Å². The van der Waals surface area contributed by atoms with E-state index >= 15 is 0 Å². The molecule has 2 aromatic rings. The first-order valence-corrected chi connectivity index (χ1v) is 7.02. The number of carboxylic acid groups (broad SMARTS) is 2. The zero-order valence-electron chi connectivity index (χ0n) is 12.1. The Labute approximate surface area is 132 Å². The third-order valence-electron chi connectivity index (χ3n) is 4.02. The van der Waals surface area contributed by atoms with E-state index in [-0.39, 0.29) is 12.2 Å². The number of para-hydroxylation sites is 1. The van der Waals surface area contributed by atoms with Crippen LogP contribution in [-0.2, 0) is 15.0 Å². The molecule has 1 aliphatic heterocycles. The lowest BCUT2D eigenvalue weighted by atomic mass is 9.70. The smallest absolute Gasteiger partial charge is 0.333 e. The van der Waals surface area contributed by atoms with E-state index in [9.17, 15) is 14.7 Å². The predicted molar refractivity (Wildman–Crippen MR) is 82.5 cm³/mol. The van der Waals surface area contributed by atoms with E-state index in [1.54, 1.807) is 48.5 Å². The lowest BCUT2D eigenvalue weighted by Crippen LogP contribution is -2.36. The fourth-order valence-electron chi connectivity index (χ4n) is 3.04.